The van der Waals surface area contributed by atoms with E-state index in [1.807, 2.05) is 0 Å². The Kier molecular flexibility index (Phi) is 6.32. The Labute approximate surface area is 117 Å². The molecule has 1 aromatic carbocycles. The highest BCUT2D eigenvalue weighted by Gasteiger charge is 2.23. The number of esters is 1. The van der Waals surface area contributed by atoms with E-state index in [2.05, 4.69) is 10.6 Å². The van der Waals surface area contributed by atoms with Crippen LogP contribution in [0.3, 0.4) is 0 Å². The second kappa shape index (κ2) is 7.76. The van der Waals surface area contributed by atoms with E-state index in [4.69, 9.17) is 16.3 Å². The van der Waals surface area contributed by atoms with Gasteiger partial charge >= 0.3 is 5.97 Å². The highest BCUT2D eigenvalue weighted by atomic mass is 35.5. The van der Waals surface area contributed by atoms with Crippen molar-refractivity contribution < 1.29 is 14.3 Å². The Hall–Kier alpha value is -1.59. The van der Waals surface area contributed by atoms with Gasteiger partial charge in [0, 0.05) is 18.0 Å². The summed E-state index contributed by atoms with van der Waals surface area (Å²) in [7, 11) is 3.04. The van der Waals surface area contributed by atoms with Gasteiger partial charge in [-0.25, -0.2) is 4.79 Å². The van der Waals surface area contributed by atoms with Crippen LogP contribution in [-0.4, -0.2) is 32.6 Å². The summed E-state index contributed by atoms with van der Waals surface area (Å²) in [6.07, 6.45) is 0.289. The van der Waals surface area contributed by atoms with Gasteiger partial charge in [0.25, 0.3) is 0 Å². The quantitative estimate of drug-likeness (QED) is 0.772. The number of methoxy groups -OCH3 is 1. The van der Waals surface area contributed by atoms with Crippen LogP contribution >= 0.6 is 11.6 Å². The first-order valence-electron chi connectivity index (χ1n) is 5.85. The van der Waals surface area contributed by atoms with Gasteiger partial charge in [-0.2, -0.15) is 0 Å². The van der Waals surface area contributed by atoms with Crippen LogP contribution in [0.15, 0.2) is 24.3 Å². The average molecular weight is 285 g/mol. The van der Waals surface area contributed by atoms with Crippen molar-refractivity contribution in [3.63, 3.8) is 0 Å². The van der Waals surface area contributed by atoms with Crippen molar-refractivity contribution in [2.45, 2.75) is 12.5 Å². The standard InChI is InChI=1S/C13H17ClN2O3/c1-15-8-7-11(17)16-12(13(18)19-2)9-3-5-10(14)6-4-9/h3-6,12,15H,7-8H2,1-2H3,(H,16,17). The molecule has 0 aliphatic carbocycles. The van der Waals surface area contributed by atoms with E-state index < -0.39 is 12.0 Å². The SMILES string of the molecule is CNCCC(=O)NC(C(=O)OC)c1ccc(Cl)cc1. The summed E-state index contributed by atoms with van der Waals surface area (Å²) in [5.41, 5.74) is 0.633. The fourth-order valence-corrected chi connectivity index (χ4v) is 1.65. The van der Waals surface area contributed by atoms with Crippen LogP contribution in [0.4, 0.5) is 0 Å². The van der Waals surface area contributed by atoms with Crippen molar-refractivity contribution in [3.05, 3.63) is 34.9 Å². The smallest absolute Gasteiger partial charge is 0.333 e. The van der Waals surface area contributed by atoms with Gasteiger partial charge in [0.1, 0.15) is 0 Å². The molecule has 6 heteroatoms. The molecular formula is C13H17ClN2O3. The zero-order chi connectivity index (χ0) is 14.3. The molecule has 1 unspecified atom stereocenters. The summed E-state index contributed by atoms with van der Waals surface area (Å²) >= 11 is 5.79. The van der Waals surface area contributed by atoms with E-state index in [9.17, 15) is 9.59 Å². The zero-order valence-electron chi connectivity index (χ0n) is 10.9. The predicted molar refractivity (Wildman–Crippen MR) is 72.9 cm³/mol. The molecule has 5 nitrogen and oxygen atoms in total. The van der Waals surface area contributed by atoms with E-state index in [-0.39, 0.29) is 12.3 Å². The molecule has 0 saturated carbocycles. The van der Waals surface area contributed by atoms with E-state index >= 15 is 0 Å². The first-order chi connectivity index (χ1) is 9.08. The van der Waals surface area contributed by atoms with Crippen LogP contribution in [0.5, 0.6) is 0 Å². The van der Waals surface area contributed by atoms with Gasteiger partial charge < -0.3 is 15.4 Å². The topological polar surface area (TPSA) is 67.4 Å². The van der Waals surface area contributed by atoms with Gasteiger partial charge in [-0.1, -0.05) is 23.7 Å². The van der Waals surface area contributed by atoms with Crippen molar-refractivity contribution in [2.24, 2.45) is 0 Å². The van der Waals surface area contributed by atoms with E-state index in [1.165, 1.54) is 7.11 Å². The fraction of sp³-hybridized carbons (Fsp3) is 0.385. The molecule has 0 aromatic heterocycles. The molecule has 1 amide bonds. The number of hydrogen-bond acceptors (Lipinski definition) is 4. The van der Waals surface area contributed by atoms with Crippen LogP contribution in [0.25, 0.3) is 0 Å². The van der Waals surface area contributed by atoms with Crippen LogP contribution in [0.2, 0.25) is 5.02 Å². The molecule has 0 bridgehead atoms. The lowest BCUT2D eigenvalue weighted by molar-refractivity contribution is -0.145. The average Bonchev–Trinajstić information content (AvgIpc) is 2.42. The largest absolute Gasteiger partial charge is 0.467 e. The summed E-state index contributed by atoms with van der Waals surface area (Å²) in [6, 6.07) is 5.87. The van der Waals surface area contributed by atoms with Gasteiger partial charge in [0.15, 0.2) is 6.04 Å². The first kappa shape index (κ1) is 15.5. The summed E-state index contributed by atoms with van der Waals surface area (Å²) in [4.78, 5) is 23.4. The summed E-state index contributed by atoms with van der Waals surface area (Å²) in [6.45, 7) is 0.542. The number of rotatable bonds is 6. The predicted octanol–water partition coefficient (Wildman–Crippen LogP) is 1.28. The Morgan fingerprint density at radius 2 is 1.95 bits per heavy atom. The molecule has 0 radical (unpaired) electrons. The van der Waals surface area contributed by atoms with E-state index in [0.717, 1.165) is 0 Å². The van der Waals surface area contributed by atoms with Crippen molar-refractivity contribution in [1.29, 1.82) is 0 Å². The highest BCUT2D eigenvalue weighted by molar-refractivity contribution is 6.30. The normalized spacial score (nSPS) is 11.7. The molecule has 0 saturated heterocycles. The third-order valence-corrected chi connectivity index (χ3v) is 2.80. The molecule has 1 rings (SSSR count). The molecule has 2 N–H and O–H groups in total. The maximum Gasteiger partial charge on any atom is 0.333 e. The number of amides is 1. The number of carbonyl (C=O) groups excluding carboxylic acids is 2. The third kappa shape index (κ3) is 4.89. The summed E-state index contributed by atoms with van der Waals surface area (Å²) < 4.78 is 4.70. The van der Waals surface area contributed by atoms with Crippen LogP contribution in [0.1, 0.15) is 18.0 Å². The lowest BCUT2D eigenvalue weighted by Crippen LogP contribution is -2.35. The molecule has 0 heterocycles. The molecule has 1 aromatic rings. The van der Waals surface area contributed by atoms with Crippen molar-refractivity contribution >= 4 is 23.5 Å². The zero-order valence-corrected chi connectivity index (χ0v) is 11.7. The molecule has 0 aliphatic rings. The molecular weight excluding hydrogens is 268 g/mol. The summed E-state index contributed by atoms with van der Waals surface area (Å²) in [5, 5.41) is 6.07. The first-order valence-corrected chi connectivity index (χ1v) is 6.23. The number of nitrogens with one attached hydrogen (secondary N) is 2. The lowest BCUT2D eigenvalue weighted by Gasteiger charge is -2.17. The van der Waals surface area contributed by atoms with Gasteiger partial charge in [0.05, 0.1) is 7.11 Å². The van der Waals surface area contributed by atoms with Crippen molar-refractivity contribution in [3.8, 4) is 0 Å². The Morgan fingerprint density at radius 1 is 1.32 bits per heavy atom. The van der Waals surface area contributed by atoms with Crippen LogP contribution < -0.4 is 10.6 Å². The number of carbonyl (C=O) groups is 2. The fourth-order valence-electron chi connectivity index (χ4n) is 1.52. The van der Waals surface area contributed by atoms with Gasteiger partial charge in [-0.05, 0) is 24.7 Å². The molecule has 0 fully saturated rings. The molecule has 1 atom stereocenters. The lowest BCUT2D eigenvalue weighted by atomic mass is 10.1. The minimum atomic E-state index is -0.813. The van der Waals surface area contributed by atoms with Gasteiger partial charge in [-0.15, -0.1) is 0 Å². The maximum atomic E-state index is 11.7. The minimum absolute atomic E-state index is 0.222. The Bertz CT molecular complexity index is 434. The highest BCUT2D eigenvalue weighted by Crippen LogP contribution is 2.17. The van der Waals surface area contributed by atoms with Gasteiger partial charge in [0.2, 0.25) is 5.91 Å². The van der Waals surface area contributed by atoms with Crippen LogP contribution in [-0.2, 0) is 14.3 Å². The van der Waals surface area contributed by atoms with E-state index in [1.54, 1.807) is 31.3 Å². The number of hydrogen-bond donors (Lipinski definition) is 2. The van der Waals surface area contributed by atoms with Gasteiger partial charge in [-0.3, -0.25) is 4.79 Å². The maximum absolute atomic E-state index is 11.7. The van der Waals surface area contributed by atoms with Crippen molar-refractivity contribution in [1.82, 2.24) is 10.6 Å². The monoisotopic (exact) mass is 284 g/mol. The van der Waals surface area contributed by atoms with Crippen LogP contribution in [0, 0.1) is 0 Å². The Balaban J connectivity index is 2.80. The molecule has 0 aliphatic heterocycles. The molecule has 19 heavy (non-hydrogen) atoms. The molecule has 104 valence electrons. The third-order valence-electron chi connectivity index (χ3n) is 2.55. The number of ether oxygens (including phenoxy) is 1. The minimum Gasteiger partial charge on any atom is -0.467 e. The number of halogens is 1. The number of benzene rings is 1. The second-order valence-corrected chi connectivity index (χ2v) is 4.37. The second-order valence-electron chi connectivity index (χ2n) is 3.93. The summed E-state index contributed by atoms with van der Waals surface area (Å²) in [5.74, 6) is -0.736. The Morgan fingerprint density at radius 3 is 2.47 bits per heavy atom. The van der Waals surface area contributed by atoms with E-state index in [0.29, 0.717) is 17.1 Å². The van der Waals surface area contributed by atoms with Crippen molar-refractivity contribution in [2.75, 3.05) is 20.7 Å². The molecule has 0 spiro atoms.